The van der Waals surface area contributed by atoms with Gasteiger partial charge in [0.05, 0.1) is 0 Å². The lowest BCUT2D eigenvalue weighted by Gasteiger charge is -2.18. The fraction of sp³-hybridized carbons (Fsp3) is 0.600. The molecule has 0 bridgehead atoms. The molecule has 5 heteroatoms. The number of halogens is 1. The standard InChI is InChI=1S/C10H16BrN3O/c1-8-12-9(11)7-10(13-8)14(2)5-4-6-15-3/h7H,4-6H2,1-3H3. The Morgan fingerprint density at radius 3 is 2.80 bits per heavy atom. The van der Waals surface area contributed by atoms with Gasteiger partial charge in [-0.3, -0.25) is 0 Å². The minimum atomic E-state index is 0.773. The highest BCUT2D eigenvalue weighted by Crippen LogP contribution is 2.15. The molecule has 1 rings (SSSR count). The average molecular weight is 274 g/mol. The number of ether oxygens (including phenoxy) is 1. The van der Waals surface area contributed by atoms with Gasteiger partial charge in [-0.15, -0.1) is 0 Å². The second kappa shape index (κ2) is 6.02. The van der Waals surface area contributed by atoms with Crippen molar-refractivity contribution in [2.75, 3.05) is 32.2 Å². The Balaban J connectivity index is 2.60. The van der Waals surface area contributed by atoms with Crippen molar-refractivity contribution < 1.29 is 4.74 Å². The number of methoxy groups -OCH3 is 1. The Morgan fingerprint density at radius 2 is 2.20 bits per heavy atom. The van der Waals surface area contributed by atoms with Gasteiger partial charge in [0.25, 0.3) is 0 Å². The molecule has 4 nitrogen and oxygen atoms in total. The molecule has 0 aliphatic rings. The summed E-state index contributed by atoms with van der Waals surface area (Å²) >= 11 is 3.36. The van der Waals surface area contributed by atoms with E-state index < -0.39 is 0 Å². The first-order chi connectivity index (χ1) is 7.13. The Kier molecular flexibility index (Phi) is 4.98. The summed E-state index contributed by atoms with van der Waals surface area (Å²) < 4.78 is 5.83. The number of nitrogens with zero attached hydrogens (tertiary/aromatic N) is 3. The van der Waals surface area contributed by atoms with Crippen molar-refractivity contribution in [1.82, 2.24) is 9.97 Å². The van der Waals surface area contributed by atoms with Crippen LogP contribution in [-0.4, -0.2) is 37.3 Å². The molecule has 1 heterocycles. The lowest BCUT2D eigenvalue weighted by atomic mass is 10.4. The number of aromatic nitrogens is 2. The van der Waals surface area contributed by atoms with Crippen LogP contribution >= 0.6 is 15.9 Å². The summed E-state index contributed by atoms with van der Waals surface area (Å²) in [7, 11) is 3.73. The summed E-state index contributed by atoms with van der Waals surface area (Å²) in [5, 5.41) is 0. The Morgan fingerprint density at radius 1 is 1.47 bits per heavy atom. The first-order valence-electron chi connectivity index (χ1n) is 4.84. The normalized spacial score (nSPS) is 10.4. The molecular formula is C10H16BrN3O. The Labute approximate surface area is 98.8 Å². The van der Waals surface area contributed by atoms with Gasteiger partial charge < -0.3 is 9.64 Å². The van der Waals surface area contributed by atoms with Crippen LogP contribution < -0.4 is 4.90 Å². The smallest absolute Gasteiger partial charge is 0.133 e. The van der Waals surface area contributed by atoms with Crippen molar-refractivity contribution in [3.63, 3.8) is 0 Å². The molecule has 0 N–H and O–H groups in total. The van der Waals surface area contributed by atoms with Gasteiger partial charge in [0.2, 0.25) is 0 Å². The highest BCUT2D eigenvalue weighted by molar-refractivity contribution is 9.10. The van der Waals surface area contributed by atoms with E-state index in [2.05, 4.69) is 30.8 Å². The van der Waals surface area contributed by atoms with Crippen LogP contribution in [0.25, 0.3) is 0 Å². The molecule has 1 aromatic rings. The summed E-state index contributed by atoms with van der Waals surface area (Å²) in [6.45, 7) is 3.59. The zero-order valence-electron chi connectivity index (χ0n) is 9.33. The first-order valence-corrected chi connectivity index (χ1v) is 5.64. The molecule has 0 aliphatic heterocycles. The van der Waals surface area contributed by atoms with Crippen LogP contribution in [0.15, 0.2) is 10.7 Å². The van der Waals surface area contributed by atoms with Crippen LogP contribution in [0.1, 0.15) is 12.2 Å². The summed E-state index contributed by atoms with van der Waals surface area (Å²) in [6.07, 6.45) is 0.994. The van der Waals surface area contributed by atoms with Crippen LogP contribution in [0.5, 0.6) is 0 Å². The quantitative estimate of drug-likeness (QED) is 0.608. The van der Waals surface area contributed by atoms with Crippen LogP contribution in [0.4, 0.5) is 5.82 Å². The third kappa shape index (κ3) is 4.13. The van der Waals surface area contributed by atoms with Crippen LogP contribution in [0.2, 0.25) is 0 Å². The zero-order chi connectivity index (χ0) is 11.3. The molecule has 15 heavy (non-hydrogen) atoms. The fourth-order valence-corrected chi connectivity index (χ4v) is 1.73. The second-order valence-corrected chi connectivity index (χ2v) is 4.18. The zero-order valence-corrected chi connectivity index (χ0v) is 10.9. The molecule has 0 saturated heterocycles. The number of rotatable bonds is 5. The minimum absolute atomic E-state index is 0.773. The van der Waals surface area contributed by atoms with Gasteiger partial charge in [-0.05, 0) is 29.3 Å². The van der Waals surface area contributed by atoms with Gasteiger partial charge in [-0.1, -0.05) is 0 Å². The monoisotopic (exact) mass is 273 g/mol. The third-order valence-corrected chi connectivity index (χ3v) is 2.43. The summed E-state index contributed by atoms with van der Waals surface area (Å²) in [4.78, 5) is 10.6. The molecule has 0 fully saturated rings. The highest BCUT2D eigenvalue weighted by Gasteiger charge is 2.04. The number of anilines is 1. The first kappa shape index (κ1) is 12.4. The van der Waals surface area contributed by atoms with E-state index >= 15 is 0 Å². The molecular weight excluding hydrogens is 258 g/mol. The highest BCUT2D eigenvalue weighted by atomic mass is 79.9. The topological polar surface area (TPSA) is 38.2 Å². The van der Waals surface area contributed by atoms with Gasteiger partial charge in [0, 0.05) is 33.4 Å². The van der Waals surface area contributed by atoms with Crippen molar-refractivity contribution in [2.45, 2.75) is 13.3 Å². The van der Waals surface area contributed by atoms with E-state index in [4.69, 9.17) is 4.74 Å². The van der Waals surface area contributed by atoms with Crippen molar-refractivity contribution in [1.29, 1.82) is 0 Å². The fourth-order valence-electron chi connectivity index (χ4n) is 1.27. The van der Waals surface area contributed by atoms with Gasteiger partial charge in [0.15, 0.2) is 0 Å². The molecule has 0 unspecified atom stereocenters. The summed E-state index contributed by atoms with van der Waals surface area (Å²) in [5.41, 5.74) is 0. The largest absolute Gasteiger partial charge is 0.385 e. The van der Waals surface area contributed by atoms with E-state index in [-0.39, 0.29) is 0 Å². The molecule has 0 aliphatic carbocycles. The third-order valence-electron chi connectivity index (χ3n) is 2.03. The average Bonchev–Trinajstić information content (AvgIpc) is 2.16. The molecule has 0 saturated carbocycles. The number of hydrogen-bond donors (Lipinski definition) is 0. The summed E-state index contributed by atoms with van der Waals surface area (Å²) in [6, 6.07) is 1.92. The molecule has 0 radical (unpaired) electrons. The van der Waals surface area contributed by atoms with Crippen molar-refractivity contribution in [3.8, 4) is 0 Å². The maximum atomic E-state index is 5.01. The summed E-state index contributed by atoms with van der Waals surface area (Å²) in [5.74, 6) is 1.71. The SMILES string of the molecule is COCCCN(C)c1cc(Br)nc(C)n1. The predicted molar refractivity (Wildman–Crippen MR) is 64.2 cm³/mol. The van der Waals surface area contributed by atoms with Crippen molar-refractivity contribution in [3.05, 3.63) is 16.5 Å². The van der Waals surface area contributed by atoms with Gasteiger partial charge >= 0.3 is 0 Å². The van der Waals surface area contributed by atoms with Crippen LogP contribution in [0, 0.1) is 6.92 Å². The van der Waals surface area contributed by atoms with E-state index in [9.17, 15) is 0 Å². The molecule has 0 aromatic carbocycles. The van der Waals surface area contributed by atoms with E-state index in [0.29, 0.717) is 0 Å². The van der Waals surface area contributed by atoms with Crippen LogP contribution in [-0.2, 0) is 4.74 Å². The van der Waals surface area contributed by atoms with Crippen molar-refractivity contribution >= 4 is 21.7 Å². The van der Waals surface area contributed by atoms with Crippen molar-refractivity contribution in [2.24, 2.45) is 0 Å². The maximum Gasteiger partial charge on any atom is 0.133 e. The van der Waals surface area contributed by atoms with Gasteiger partial charge in [0.1, 0.15) is 16.2 Å². The molecule has 0 atom stereocenters. The van der Waals surface area contributed by atoms with E-state index in [1.807, 2.05) is 20.0 Å². The van der Waals surface area contributed by atoms with Gasteiger partial charge in [-0.25, -0.2) is 9.97 Å². The van der Waals surface area contributed by atoms with E-state index in [1.54, 1.807) is 7.11 Å². The lowest BCUT2D eigenvalue weighted by molar-refractivity contribution is 0.196. The van der Waals surface area contributed by atoms with E-state index in [1.165, 1.54) is 0 Å². The molecule has 84 valence electrons. The number of hydrogen-bond acceptors (Lipinski definition) is 4. The maximum absolute atomic E-state index is 5.01. The van der Waals surface area contributed by atoms with E-state index in [0.717, 1.165) is 35.8 Å². The molecule has 0 spiro atoms. The lowest BCUT2D eigenvalue weighted by Crippen LogP contribution is -2.21. The Hall–Kier alpha value is -0.680. The van der Waals surface area contributed by atoms with Crippen LogP contribution in [0.3, 0.4) is 0 Å². The second-order valence-electron chi connectivity index (χ2n) is 3.36. The molecule has 1 aromatic heterocycles. The van der Waals surface area contributed by atoms with Gasteiger partial charge in [-0.2, -0.15) is 0 Å². The number of aryl methyl sites for hydroxylation is 1. The minimum Gasteiger partial charge on any atom is -0.385 e. The predicted octanol–water partition coefficient (Wildman–Crippen LogP) is 2.02. The Bertz CT molecular complexity index is 299. The molecule has 0 amide bonds.